The Morgan fingerprint density at radius 3 is 1.63 bits per heavy atom. The van der Waals surface area contributed by atoms with Crippen LogP contribution in [0.15, 0.2) is 0 Å². The highest BCUT2D eigenvalue weighted by Crippen LogP contribution is 2.14. The smallest absolute Gasteiger partial charge is 0.240 e. The van der Waals surface area contributed by atoms with E-state index in [4.69, 9.17) is 16.9 Å². The Morgan fingerprint density at radius 1 is 0.603 bits per heavy atom. The highest BCUT2D eigenvalue weighted by Gasteiger charge is 2.34. The van der Waals surface area contributed by atoms with Gasteiger partial charge in [0.15, 0.2) is 11.7 Å². The zero-order valence-corrected chi connectivity index (χ0v) is 38.6. The molecule has 63 heavy (non-hydrogen) atoms. The van der Waals surface area contributed by atoms with Crippen molar-refractivity contribution >= 4 is 35.4 Å². The Labute approximate surface area is 375 Å². The van der Waals surface area contributed by atoms with Crippen molar-refractivity contribution in [2.75, 3.05) is 19.7 Å². The maximum absolute atomic E-state index is 13.3. The van der Waals surface area contributed by atoms with Crippen LogP contribution in [0.4, 0.5) is 0 Å². The minimum atomic E-state index is -1.74. The number of ketones is 1. The molecule has 0 spiro atoms. The zero-order valence-electron chi connectivity index (χ0n) is 38.6. The van der Waals surface area contributed by atoms with Crippen LogP contribution in [0.3, 0.4) is 0 Å². The lowest BCUT2D eigenvalue weighted by atomic mass is 10.0. The lowest BCUT2D eigenvalue weighted by molar-refractivity contribution is -0.131. The van der Waals surface area contributed by atoms with Gasteiger partial charge in [-0.05, 0) is 46.0 Å². The molecule has 0 aliphatic rings. The van der Waals surface area contributed by atoms with E-state index in [2.05, 4.69) is 44.1 Å². The highest BCUT2D eigenvalue weighted by molar-refractivity contribution is 5.90. The van der Waals surface area contributed by atoms with Crippen molar-refractivity contribution in [3.8, 4) is 0 Å². The van der Waals surface area contributed by atoms with E-state index in [0.29, 0.717) is 38.6 Å². The number of aliphatic hydroxyl groups is 5. The van der Waals surface area contributed by atoms with Crippen molar-refractivity contribution in [2.45, 2.75) is 218 Å². The molecule has 0 aliphatic carbocycles. The third-order valence-electron chi connectivity index (χ3n) is 10.9. The molecule has 0 aliphatic heterocycles. The maximum atomic E-state index is 13.3. The van der Waals surface area contributed by atoms with Crippen molar-refractivity contribution in [3.05, 3.63) is 0 Å². The number of amides is 4. The van der Waals surface area contributed by atoms with Crippen molar-refractivity contribution in [3.63, 3.8) is 0 Å². The molecule has 0 rings (SSSR count). The van der Waals surface area contributed by atoms with E-state index in [-0.39, 0.29) is 30.5 Å². The predicted molar refractivity (Wildman–Crippen MR) is 243 cm³/mol. The van der Waals surface area contributed by atoms with E-state index in [1.807, 2.05) is 6.92 Å². The van der Waals surface area contributed by atoms with E-state index in [9.17, 15) is 49.5 Å². The minimum Gasteiger partial charge on any atom is -0.394 e. The van der Waals surface area contributed by atoms with E-state index in [0.717, 1.165) is 25.7 Å². The third-order valence-corrected chi connectivity index (χ3v) is 10.9. The van der Waals surface area contributed by atoms with E-state index in [1.165, 1.54) is 71.6 Å². The number of rotatable bonds is 41. The van der Waals surface area contributed by atoms with Gasteiger partial charge >= 0.3 is 0 Å². The van der Waals surface area contributed by atoms with Crippen LogP contribution in [0, 0.1) is 5.41 Å². The summed E-state index contributed by atoms with van der Waals surface area (Å²) in [6.07, 6.45) is 11.3. The Morgan fingerprint density at radius 2 is 1.13 bits per heavy atom. The number of guanidine groups is 1. The van der Waals surface area contributed by atoms with Crippen LogP contribution >= 0.6 is 0 Å². The quantitative estimate of drug-likeness (QED) is 0.0167. The second-order valence-corrected chi connectivity index (χ2v) is 16.7. The number of hydrogen-bond acceptors (Lipinski definition) is 14. The highest BCUT2D eigenvalue weighted by atomic mass is 16.3. The molecule has 368 valence electrons. The van der Waals surface area contributed by atoms with Crippen LogP contribution in [0.1, 0.15) is 163 Å². The zero-order chi connectivity index (χ0) is 47.6. The molecular weight excluding hydrogens is 817 g/mol. The SMILES string of the molecule is CCCCCCCCCCCCCCCC(=O)NCC(=O)N[C@@H](CO)C(O)N[C@@H](CC(N)=O)C(O)N[C@@H](CCCCNC(=N)N)C(O)N[C@H](C(=O)N[C@@H](CCCC)C(C)=O)C(C)O. The molecule has 20 nitrogen and oxygen atoms in total. The Kier molecular flexibility index (Phi) is 34.8. The molecule has 0 aromatic rings. The average Bonchev–Trinajstić information content (AvgIpc) is 3.22. The predicted octanol–water partition coefficient (Wildman–Crippen LogP) is 0.0644. The molecule has 0 aromatic carbocycles. The van der Waals surface area contributed by atoms with Crippen LogP contribution in [0.5, 0.6) is 0 Å². The molecule has 0 heterocycles. The summed E-state index contributed by atoms with van der Waals surface area (Å²) in [5, 5.41) is 79.9. The second-order valence-electron chi connectivity index (χ2n) is 16.7. The summed E-state index contributed by atoms with van der Waals surface area (Å²) in [5.74, 6) is -3.16. The standard InChI is InChI=1S/C43H86N10O10/c1-5-7-9-10-11-12-13-14-15-16-17-18-19-24-36(58)48-27-37(59)49-34(28-54)41(62)52-33(26-35(44)57)40(61)51-32(23-20-21-25-47-43(45)46)39(60)53-38(30(4)56)42(63)50-31(29(3)55)22-8-6-2/h30-34,38-41,51-54,56,60-62H,5-28H2,1-4H3,(H2,44,57)(H,48,58)(H,49,59)(H,50,63)(H4,45,46,47)/t30?,31-,32-,33-,34-,38-,39?,40?,41?/m0/s1. The van der Waals surface area contributed by atoms with Gasteiger partial charge in [0.2, 0.25) is 23.6 Å². The number of nitrogens with one attached hydrogen (secondary N) is 8. The lowest BCUT2D eigenvalue weighted by Gasteiger charge is -2.35. The topological polar surface area (TPSA) is 347 Å². The van der Waals surface area contributed by atoms with Crippen molar-refractivity contribution in [2.24, 2.45) is 11.5 Å². The van der Waals surface area contributed by atoms with Gasteiger partial charge < -0.3 is 58.3 Å². The largest absolute Gasteiger partial charge is 0.394 e. The van der Waals surface area contributed by atoms with Crippen molar-refractivity contribution in [1.82, 2.24) is 37.2 Å². The molecule has 9 atom stereocenters. The average molecular weight is 903 g/mol. The number of Topliss-reactive ketones (excluding diaryl/α,β-unsaturated/α-hetero) is 1. The minimum absolute atomic E-state index is 0.123. The van der Waals surface area contributed by atoms with Gasteiger partial charge in [-0.25, -0.2) is 0 Å². The van der Waals surface area contributed by atoms with Gasteiger partial charge in [-0.1, -0.05) is 104 Å². The number of primary amides is 1. The van der Waals surface area contributed by atoms with E-state index < -0.39 is 92.3 Å². The summed E-state index contributed by atoms with van der Waals surface area (Å²) in [6.45, 7) is 5.95. The molecule has 0 saturated carbocycles. The molecule has 0 fully saturated rings. The summed E-state index contributed by atoms with van der Waals surface area (Å²) < 4.78 is 0. The lowest BCUT2D eigenvalue weighted by Crippen LogP contribution is -2.64. The van der Waals surface area contributed by atoms with Gasteiger partial charge in [-0.3, -0.25) is 45.3 Å². The maximum Gasteiger partial charge on any atom is 0.240 e. The van der Waals surface area contributed by atoms with Crippen molar-refractivity contribution < 1.29 is 49.5 Å². The first kappa shape index (κ1) is 59.5. The van der Waals surface area contributed by atoms with Crippen molar-refractivity contribution in [1.29, 1.82) is 5.41 Å². The van der Waals surface area contributed by atoms with Crippen LogP contribution in [0.2, 0.25) is 0 Å². The van der Waals surface area contributed by atoms with E-state index >= 15 is 0 Å². The van der Waals surface area contributed by atoms with Crippen LogP contribution in [0.25, 0.3) is 0 Å². The molecular formula is C43H86N10O10. The number of carbonyl (C=O) groups excluding carboxylic acids is 5. The first-order valence-corrected chi connectivity index (χ1v) is 23.3. The number of carbonyl (C=O) groups is 5. The molecule has 20 heteroatoms. The number of aliphatic hydroxyl groups excluding tert-OH is 5. The van der Waals surface area contributed by atoms with Gasteiger partial charge in [0.05, 0.1) is 37.4 Å². The summed E-state index contributed by atoms with van der Waals surface area (Å²) in [6, 6.07) is -6.00. The first-order chi connectivity index (χ1) is 30.0. The summed E-state index contributed by atoms with van der Waals surface area (Å²) in [5.41, 5.74) is 10.8. The second kappa shape index (κ2) is 36.8. The van der Waals surface area contributed by atoms with Crippen LogP contribution < -0.4 is 48.7 Å². The molecule has 0 saturated heterocycles. The molecule has 4 amide bonds. The Hall–Kier alpha value is -3.50. The fraction of sp³-hybridized carbons (Fsp3) is 0.860. The van der Waals surface area contributed by atoms with Crippen LogP contribution in [-0.2, 0) is 24.0 Å². The van der Waals surface area contributed by atoms with Gasteiger partial charge in [0.1, 0.15) is 24.7 Å². The summed E-state index contributed by atoms with van der Waals surface area (Å²) >= 11 is 0. The Balaban J connectivity index is 5.41. The monoisotopic (exact) mass is 903 g/mol. The fourth-order valence-corrected chi connectivity index (χ4v) is 7.03. The Bertz CT molecular complexity index is 1280. The molecule has 0 bridgehead atoms. The van der Waals surface area contributed by atoms with Crippen LogP contribution in [-0.4, -0.2) is 136 Å². The number of hydrogen-bond donors (Lipinski definition) is 15. The summed E-state index contributed by atoms with van der Waals surface area (Å²) in [4.78, 5) is 62.7. The number of unbranched alkanes of at least 4 members (excludes halogenated alkanes) is 14. The third kappa shape index (κ3) is 30.3. The fourth-order valence-electron chi connectivity index (χ4n) is 7.03. The molecule has 0 aromatic heterocycles. The van der Waals surface area contributed by atoms with Gasteiger partial charge in [-0.15, -0.1) is 0 Å². The molecule has 4 unspecified atom stereocenters. The van der Waals surface area contributed by atoms with Gasteiger partial charge in [-0.2, -0.15) is 0 Å². The normalized spacial score (nSPS) is 15.8. The summed E-state index contributed by atoms with van der Waals surface area (Å²) in [7, 11) is 0. The van der Waals surface area contributed by atoms with Gasteiger partial charge in [0, 0.05) is 25.4 Å². The molecule has 17 N–H and O–H groups in total. The first-order valence-electron chi connectivity index (χ1n) is 23.3. The van der Waals surface area contributed by atoms with E-state index in [1.54, 1.807) is 0 Å². The van der Waals surface area contributed by atoms with Gasteiger partial charge in [0.25, 0.3) is 0 Å². The molecule has 0 radical (unpaired) electrons. The number of nitrogens with two attached hydrogens (primary N) is 2.